The number of carbonyl (C=O) groups excluding carboxylic acids is 2. The highest BCUT2D eigenvalue weighted by molar-refractivity contribution is 6.14. The van der Waals surface area contributed by atoms with Gasteiger partial charge in [-0.05, 0) is 59.0 Å². The minimum atomic E-state index is -0.472. The van der Waals surface area contributed by atoms with Gasteiger partial charge in [-0.3, -0.25) is 29.6 Å². The van der Waals surface area contributed by atoms with Crippen molar-refractivity contribution in [3.05, 3.63) is 134 Å². The molecule has 284 valence electrons. The standard InChI is InChI=1S/C43H39N5O8/c1-46-32(15-28-8-4-6-10-37(28)46)21-44-35-19-41(39(53-2)17-30(35)23-49)55-24-26-12-27(14-31(13-26)48(51)52)25-56-42-20-36-34(18-40(42)54-3)43(50)47-33(22-45-36)16-29-9-5-7-11-38(29)47/h4-14,17-20,22-23,32-33,44H,15-16,21,24-25H2,1-3H3/t32?,33-/m0/s1. The number of hydrogen-bond donors (Lipinski definition) is 1. The summed E-state index contributed by atoms with van der Waals surface area (Å²) in [5.74, 6) is 1.18. The van der Waals surface area contributed by atoms with Gasteiger partial charge in [-0.15, -0.1) is 0 Å². The van der Waals surface area contributed by atoms with Crippen LogP contribution in [0.5, 0.6) is 23.0 Å². The zero-order valence-electron chi connectivity index (χ0n) is 31.1. The van der Waals surface area contributed by atoms with Crippen molar-refractivity contribution in [1.82, 2.24) is 0 Å². The largest absolute Gasteiger partial charge is 0.493 e. The molecule has 1 N–H and O–H groups in total. The van der Waals surface area contributed by atoms with Crippen molar-refractivity contribution in [1.29, 1.82) is 0 Å². The number of carbonyl (C=O) groups is 2. The molecule has 56 heavy (non-hydrogen) atoms. The van der Waals surface area contributed by atoms with Crippen LogP contribution in [-0.4, -0.2) is 63.2 Å². The topological polar surface area (TPSA) is 145 Å². The molecule has 0 aliphatic carbocycles. The number of ether oxygens (including phenoxy) is 4. The zero-order chi connectivity index (χ0) is 38.9. The number of aliphatic imine (C=N–C) groups is 1. The molecule has 0 saturated carbocycles. The number of aldehydes is 1. The summed E-state index contributed by atoms with van der Waals surface area (Å²) in [7, 11) is 5.03. The highest BCUT2D eigenvalue weighted by Crippen LogP contribution is 2.41. The molecule has 3 aliphatic rings. The molecule has 0 bridgehead atoms. The molecule has 0 spiro atoms. The molecule has 1 amide bonds. The first-order chi connectivity index (χ1) is 27.2. The normalized spacial score (nSPS) is 16.3. The fraction of sp³-hybridized carbons (Fsp3) is 0.233. The van der Waals surface area contributed by atoms with Gasteiger partial charge in [-0.25, -0.2) is 0 Å². The average molecular weight is 754 g/mol. The summed E-state index contributed by atoms with van der Waals surface area (Å²) in [6.07, 6.45) is 4.08. The number of nitro groups is 1. The van der Waals surface area contributed by atoms with E-state index < -0.39 is 4.92 Å². The van der Waals surface area contributed by atoms with Crippen LogP contribution in [-0.2, 0) is 26.1 Å². The number of benzene rings is 5. The van der Waals surface area contributed by atoms with Crippen LogP contribution in [0.15, 0.2) is 96.0 Å². The van der Waals surface area contributed by atoms with Crippen molar-refractivity contribution >= 4 is 46.8 Å². The molecule has 8 rings (SSSR count). The van der Waals surface area contributed by atoms with E-state index in [9.17, 15) is 19.7 Å². The molecular formula is C43H39N5O8. The Labute approximate surface area is 323 Å². The average Bonchev–Trinajstić information content (AvgIpc) is 3.72. The molecule has 13 heteroatoms. The van der Waals surface area contributed by atoms with Crippen molar-refractivity contribution < 1.29 is 33.5 Å². The Morgan fingerprint density at radius 1 is 0.839 bits per heavy atom. The molecule has 5 aromatic carbocycles. The Kier molecular flexibility index (Phi) is 9.73. The second-order valence-corrected chi connectivity index (χ2v) is 13.9. The Bertz CT molecular complexity index is 2400. The number of para-hydroxylation sites is 2. The third-order valence-electron chi connectivity index (χ3n) is 10.5. The Balaban J connectivity index is 0.992. The minimum Gasteiger partial charge on any atom is -0.493 e. The van der Waals surface area contributed by atoms with E-state index in [0.717, 1.165) is 24.0 Å². The van der Waals surface area contributed by atoms with Gasteiger partial charge < -0.3 is 29.2 Å². The summed E-state index contributed by atoms with van der Waals surface area (Å²) in [6, 6.07) is 27.3. The number of nitrogens with one attached hydrogen (secondary N) is 1. The van der Waals surface area contributed by atoms with Gasteiger partial charge in [0.25, 0.3) is 11.6 Å². The molecule has 0 saturated heterocycles. The molecule has 0 fully saturated rings. The number of nitrogens with zero attached hydrogens (tertiary/aromatic N) is 4. The number of amides is 1. The van der Waals surface area contributed by atoms with Crippen molar-refractivity contribution in [2.45, 2.75) is 38.1 Å². The summed E-state index contributed by atoms with van der Waals surface area (Å²) >= 11 is 0. The van der Waals surface area contributed by atoms with Gasteiger partial charge >= 0.3 is 0 Å². The molecule has 0 aromatic heterocycles. The first-order valence-corrected chi connectivity index (χ1v) is 18.2. The van der Waals surface area contributed by atoms with E-state index in [0.29, 0.717) is 69.6 Å². The van der Waals surface area contributed by atoms with E-state index in [1.54, 1.807) is 41.4 Å². The van der Waals surface area contributed by atoms with Crippen LogP contribution in [0.25, 0.3) is 0 Å². The summed E-state index contributed by atoms with van der Waals surface area (Å²) in [5, 5.41) is 15.4. The Hall–Kier alpha value is -6.89. The number of methoxy groups -OCH3 is 2. The van der Waals surface area contributed by atoms with Crippen molar-refractivity contribution in [3.63, 3.8) is 0 Å². The van der Waals surface area contributed by atoms with E-state index >= 15 is 0 Å². The number of anilines is 3. The second kappa shape index (κ2) is 15.1. The highest BCUT2D eigenvalue weighted by Gasteiger charge is 2.36. The minimum absolute atomic E-state index is 0.0363. The van der Waals surface area contributed by atoms with Gasteiger partial charge in [0.2, 0.25) is 0 Å². The maximum Gasteiger partial charge on any atom is 0.270 e. The second-order valence-electron chi connectivity index (χ2n) is 13.9. The molecule has 2 atom stereocenters. The number of non-ortho nitro benzene ring substituents is 1. The zero-order valence-corrected chi connectivity index (χ0v) is 31.1. The van der Waals surface area contributed by atoms with Crippen molar-refractivity contribution in [2.24, 2.45) is 4.99 Å². The summed E-state index contributed by atoms with van der Waals surface area (Å²) in [6.45, 7) is 0.497. The summed E-state index contributed by atoms with van der Waals surface area (Å²) in [4.78, 5) is 46.1. The molecule has 3 heterocycles. The van der Waals surface area contributed by atoms with Gasteiger partial charge in [0.1, 0.15) is 13.2 Å². The van der Waals surface area contributed by atoms with Crippen LogP contribution in [0, 0.1) is 10.1 Å². The van der Waals surface area contributed by atoms with Gasteiger partial charge in [0.15, 0.2) is 29.3 Å². The van der Waals surface area contributed by atoms with E-state index in [1.165, 1.54) is 37.6 Å². The van der Waals surface area contributed by atoms with Gasteiger partial charge in [-0.1, -0.05) is 36.4 Å². The van der Waals surface area contributed by atoms with Crippen LogP contribution in [0.3, 0.4) is 0 Å². The molecule has 1 unspecified atom stereocenters. The Morgan fingerprint density at radius 3 is 2.14 bits per heavy atom. The Morgan fingerprint density at radius 2 is 1.48 bits per heavy atom. The quantitative estimate of drug-likeness (QED) is 0.0737. The SMILES string of the molecule is COc1cc2c(cc1OCc1cc(COc3cc(NCC4Cc5ccccc5N4C)c(C=O)cc3OC)cc([N+](=O)[O-])c1)N=C[C@@H]1Cc3ccccc3N1C2=O. The monoisotopic (exact) mass is 753 g/mol. The third-order valence-corrected chi connectivity index (χ3v) is 10.5. The molecule has 5 aromatic rings. The lowest BCUT2D eigenvalue weighted by atomic mass is 10.1. The van der Waals surface area contributed by atoms with Crippen LogP contribution < -0.4 is 34.1 Å². The van der Waals surface area contributed by atoms with Crippen LogP contribution in [0.1, 0.15) is 43.0 Å². The lowest BCUT2D eigenvalue weighted by Gasteiger charge is -2.24. The first kappa shape index (κ1) is 36.1. The van der Waals surface area contributed by atoms with Crippen molar-refractivity contribution in [2.75, 3.05) is 42.9 Å². The number of fused-ring (bicyclic) bond motifs is 5. The fourth-order valence-corrected chi connectivity index (χ4v) is 7.68. The van der Waals surface area contributed by atoms with Gasteiger partial charge in [-0.2, -0.15) is 0 Å². The van der Waals surface area contributed by atoms with Crippen LogP contribution >= 0.6 is 0 Å². The van der Waals surface area contributed by atoms with E-state index in [1.807, 2.05) is 36.4 Å². The summed E-state index contributed by atoms with van der Waals surface area (Å²) < 4.78 is 23.6. The predicted octanol–water partition coefficient (Wildman–Crippen LogP) is 7.34. The van der Waals surface area contributed by atoms with E-state index in [2.05, 4.69) is 34.4 Å². The van der Waals surface area contributed by atoms with Crippen LogP contribution in [0.2, 0.25) is 0 Å². The first-order valence-electron chi connectivity index (χ1n) is 18.2. The maximum absolute atomic E-state index is 13.8. The van der Waals surface area contributed by atoms with Gasteiger partial charge in [0.05, 0.1) is 42.5 Å². The van der Waals surface area contributed by atoms with E-state index in [4.69, 9.17) is 18.9 Å². The summed E-state index contributed by atoms with van der Waals surface area (Å²) in [5.41, 5.74) is 7.11. The smallest absolute Gasteiger partial charge is 0.270 e. The van der Waals surface area contributed by atoms with Crippen LogP contribution in [0.4, 0.5) is 28.4 Å². The fourth-order valence-electron chi connectivity index (χ4n) is 7.68. The molecule has 13 nitrogen and oxygen atoms in total. The third kappa shape index (κ3) is 6.83. The van der Waals surface area contributed by atoms with Crippen molar-refractivity contribution in [3.8, 4) is 23.0 Å². The van der Waals surface area contributed by atoms with Gasteiger partial charge in [0, 0.05) is 73.1 Å². The number of nitro benzene ring substituents is 1. The molecule has 3 aliphatic heterocycles. The molecular weight excluding hydrogens is 714 g/mol. The number of rotatable bonds is 13. The number of likely N-dealkylation sites (N-methyl/N-ethyl adjacent to an activating group) is 1. The lowest BCUT2D eigenvalue weighted by Crippen LogP contribution is -2.37. The number of hydrogen-bond acceptors (Lipinski definition) is 11. The maximum atomic E-state index is 13.8. The predicted molar refractivity (Wildman–Crippen MR) is 213 cm³/mol. The molecule has 0 radical (unpaired) electrons. The highest BCUT2D eigenvalue weighted by atomic mass is 16.6. The lowest BCUT2D eigenvalue weighted by molar-refractivity contribution is -0.385. The van der Waals surface area contributed by atoms with E-state index in [-0.39, 0.29) is 36.9 Å².